The lowest BCUT2D eigenvalue weighted by Gasteiger charge is -2.25. The normalized spacial score (nSPS) is 15.7. The molecule has 120 valence electrons. The van der Waals surface area contributed by atoms with E-state index in [2.05, 4.69) is 4.98 Å². The Balaban J connectivity index is 1.78. The van der Waals surface area contributed by atoms with Gasteiger partial charge in [-0.05, 0) is 23.1 Å². The molecule has 7 heteroatoms. The molecule has 4 rings (SSSR count). The second-order valence-corrected chi connectivity index (χ2v) is 8.60. The fourth-order valence-corrected chi connectivity index (χ4v) is 5.65. The number of thiophene rings is 1. The van der Waals surface area contributed by atoms with Crippen LogP contribution >= 0.6 is 11.3 Å². The Morgan fingerprint density at radius 3 is 2.87 bits per heavy atom. The Hall–Kier alpha value is -1.83. The molecular formula is C16H16N2O3S2. The summed E-state index contributed by atoms with van der Waals surface area (Å²) in [5.74, 6) is 0.782. The minimum Gasteiger partial charge on any atom is -0.495 e. The number of ether oxygens (including phenoxy) is 1. The van der Waals surface area contributed by atoms with E-state index in [1.165, 1.54) is 11.3 Å². The molecule has 3 heterocycles. The van der Waals surface area contributed by atoms with E-state index in [0.717, 1.165) is 27.9 Å². The smallest absolute Gasteiger partial charge is 0.252 e. The standard InChI is InChI=1S/C16H16N2O3S2/c1-21-14-5-2-4-11-12-10-18(8-7-13(12)17-16(11)14)23(19,20)15-6-3-9-22-15/h2-6,9,17H,7-8,10H2,1H3. The minimum absolute atomic E-state index is 0.392. The molecule has 1 N–H and O–H groups in total. The summed E-state index contributed by atoms with van der Waals surface area (Å²) in [6.45, 7) is 0.880. The summed E-state index contributed by atoms with van der Waals surface area (Å²) in [4.78, 5) is 3.40. The molecule has 0 spiro atoms. The Morgan fingerprint density at radius 1 is 1.26 bits per heavy atom. The number of nitrogens with one attached hydrogen (secondary N) is 1. The Kier molecular flexibility index (Phi) is 3.44. The maximum atomic E-state index is 12.7. The van der Waals surface area contributed by atoms with E-state index in [-0.39, 0.29) is 0 Å². The van der Waals surface area contributed by atoms with Crippen LogP contribution in [0.15, 0.2) is 39.9 Å². The van der Waals surface area contributed by atoms with Crippen LogP contribution in [0, 0.1) is 0 Å². The molecular weight excluding hydrogens is 332 g/mol. The van der Waals surface area contributed by atoms with E-state index in [0.29, 0.717) is 23.7 Å². The van der Waals surface area contributed by atoms with Crippen molar-refractivity contribution >= 4 is 32.3 Å². The van der Waals surface area contributed by atoms with Crippen LogP contribution in [0.4, 0.5) is 0 Å². The first kappa shape index (κ1) is 14.7. The van der Waals surface area contributed by atoms with Gasteiger partial charge >= 0.3 is 0 Å². The third-order valence-corrected chi connectivity index (χ3v) is 7.46. The lowest BCUT2D eigenvalue weighted by Crippen LogP contribution is -2.35. The highest BCUT2D eigenvalue weighted by atomic mass is 32.2. The Labute approximate surface area is 138 Å². The molecule has 1 aliphatic heterocycles. The van der Waals surface area contributed by atoms with Gasteiger partial charge in [-0.2, -0.15) is 4.31 Å². The summed E-state index contributed by atoms with van der Waals surface area (Å²) < 4.78 is 32.8. The van der Waals surface area contributed by atoms with Crippen LogP contribution in [0.2, 0.25) is 0 Å². The summed E-state index contributed by atoms with van der Waals surface area (Å²) in [5, 5.41) is 2.82. The molecule has 0 unspecified atom stereocenters. The van der Waals surface area contributed by atoms with Gasteiger partial charge in [0.25, 0.3) is 10.0 Å². The lowest BCUT2D eigenvalue weighted by atomic mass is 10.1. The van der Waals surface area contributed by atoms with Crippen LogP contribution in [-0.2, 0) is 23.0 Å². The highest BCUT2D eigenvalue weighted by Gasteiger charge is 2.31. The molecule has 23 heavy (non-hydrogen) atoms. The quantitative estimate of drug-likeness (QED) is 0.791. The molecule has 0 saturated heterocycles. The van der Waals surface area contributed by atoms with E-state index >= 15 is 0 Å². The fourth-order valence-electron chi connectivity index (χ4n) is 3.10. The predicted octanol–water partition coefficient (Wildman–Crippen LogP) is 2.99. The topological polar surface area (TPSA) is 62.4 Å². The van der Waals surface area contributed by atoms with Crippen molar-refractivity contribution in [2.45, 2.75) is 17.2 Å². The average molecular weight is 348 g/mol. The van der Waals surface area contributed by atoms with Gasteiger partial charge in [0.05, 0.1) is 12.6 Å². The van der Waals surface area contributed by atoms with Gasteiger partial charge in [-0.25, -0.2) is 8.42 Å². The molecule has 0 amide bonds. The van der Waals surface area contributed by atoms with E-state index in [1.807, 2.05) is 18.2 Å². The zero-order valence-electron chi connectivity index (χ0n) is 12.6. The van der Waals surface area contributed by atoms with Gasteiger partial charge in [-0.1, -0.05) is 18.2 Å². The van der Waals surface area contributed by atoms with Crippen molar-refractivity contribution in [1.82, 2.24) is 9.29 Å². The third kappa shape index (κ3) is 2.27. The molecule has 5 nitrogen and oxygen atoms in total. The van der Waals surface area contributed by atoms with E-state index < -0.39 is 10.0 Å². The molecule has 1 aromatic carbocycles. The van der Waals surface area contributed by atoms with Crippen molar-refractivity contribution in [1.29, 1.82) is 0 Å². The molecule has 0 atom stereocenters. The minimum atomic E-state index is -3.42. The van der Waals surface area contributed by atoms with Crippen LogP contribution < -0.4 is 4.74 Å². The SMILES string of the molecule is COc1cccc2c3c([nH]c12)CCN(S(=O)(=O)c1cccs1)C3. The zero-order valence-corrected chi connectivity index (χ0v) is 14.2. The number of hydrogen-bond donors (Lipinski definition) is 1. The largest absolute Gasteiger partial charge is 0.495 e. The average Bonchev–Trinajstić information content (AvgIpc) is 3.21. The molecule has 0 fully saturated rings. The fraction of sp³-hybridized carbons (Fsp3) is 0.250. The van der Waals surface area contributed by atoms with Crippen LogP contribution in [-0.4, -0.2) is 31.4 Å². The monoisotopic (exact) mass is 348 g/mol. The first-order valence-corrected chi connectivity index (χ1v) is 9.63. The van der Waals surface area contributed by atoms with Crippen LogP contribution in [0.3, 0.4) is 0 Å². The molecule has 0 bridgehead atoms. The van der Waals surface area contributed by atoms with Gasteiger partial charge in [0.2, 0.25) is 0 Å². The van der Waals surface area contributed by atoms with Crippen LogP contribution in [0.25, 0.3) is 10.9 Å². The van der Waals surface area contributed by atoms with Crippen molar-refractivity contribution in [3.63, 3.8) is 0 Å². The summed E-state index contributed by atoms with van der Waals surface area (Å²) in [6, 6.07) is 9.28. The molecule has 1 aliphatic rings. The second-order valence-electron chi connectivity index (χ2n) is 5.49. The number of methoxy groups -OCH3 is 1. The van der Waals surface area contributed by atoms with Crippen molar-refractivity contribution in [3.8, 4) is 5.75 Å². The molecule has 0 radical (unpaired) electrons. The van der Waals surface area contributed by atoms with Crippen molar-refractivity contribution in [3.05, 3.63) is 47.0 Å². The number of rotatable bonds is 3. The van der Waals surface area contributed by atoms with Gasteiger partial charge in [0.15, 0.2) is 0 Å². The van der Waals surface area contributed by atoms with Crippen molar-refractivity contribution in [2.75, 3.05) is 13.7 Å². The number of nitrogens with zero attached hydrogens (tertiary/aromatic N) is 1. The highest BCUT2D eigenvalue weighted by molar-refractivity contribution is 7.91. The Morgan fingerprint density at radius 2 is 2.13 bits per heavy atom. The number of para-hydroxylation sites is 1. The van der Waals surface area contributed by atoms with E-state index in [4.69, 9.17) is 4.74 Å². The molecule has 2 aromatic heterocycles. The summed E-state index contributed by atoms with van der Waals surface area (Å²) in [7, 11) is -1.78. The third-order valence-electron chi connectivity index (χ3n) is 4.25. The number of H-pyrrole nitrogens is 1. The van der Waals surface area contributed by atoms with Crippen LogP contribution in [0.5, 0.6) is 5.75 Å². The van der Waals surface area contributed by atoms with Gasteiger partial charge in [-0.15, -0.1) is 11.3 Å². The second kappa shape index (κ2) is 5.36. The number of fused-ring (bicyclic) bond motifs is 3. The first-order valence-electron chi connectivity index (χ1n) is 7.31. The highest BCUT2D eigenvalue weighted by Crippen LogP contribution is 2.34. The molecule has 0 aliphatic carbocycles. The van der Waals surface area contributed by atoms with Gasteiger partial charge in [-0.3, -0.25) is 0 Å². The number of benzene rings is 1. The zero-order chi connectivity index (χ0) is 16.0. The number of sulfonamides is 1. The number of aromatic nitrogens is 1. The van der Waals surface area contributed by atoms with Gasteiger partial charge in [0.1, 0.15) is 9.96 Å². The van der Waals surface area contributed by atoms with E-state index in [1.54, 1.807) is 28.9 Å². The van der Waals surface area contributed by atoms with Crippen LogP contribution in [0.1, 0.15) is 11.3 Å². The summed E-state index contributed by atoms with van der Waals surface area (Å²) in [6.07, 6.45) is 0.678. The van der Waals surface area contributed by atoms with Gasteiger partial charge < -0.3 is 9.72 Å². The number of aromatic amines is 1. The number of hydrogen-bond acceptors (Lipinski definition) is 4. The van der Waals surface area contributed by atoms with E-state index in [9.17, 15) is 8.42 Å². The summed E-state index contributed by atoms with van der Waals surface area (Å²) >= 11 is 1.26. The molecule has 3 aromatic rings. The maximum Gasteiger partial charge on any atom is 0.252 e. The first-order chi connectivity index (χ1) is 11.1. The lowest BCUT2D eigenvalue weighted by molar-refractivity contribution is 0.392. The molecule has 0 saturated carbocycles. The van der Waals surface area contributed by atoms with Crippen molar-refractivity contribution < 1.29 is 13.2 Å². The summed E-state index contributed by atoms with van der Waals surface area (Å²) in [5.41, 5.74) is 3.09. The van der Waals surface area contributed by atoms with Crippen molar-refractivity contribution in [2.24, 2.45) is 0 Å². The maximum absolute atomic E-state index is 12.7. The van der Waals surface area contributed by atoms with Gasteiger partial charge in [0, 0.05) is 30.6 Å². The predicted molar refractivity (Wildman–Crippen MR) is 90.5 cm³/mol. The Bertz CT molecular complexity index is 959.